The number of aromatic amines is 1. The van der Waals surface area contributed by atoms with Gasteiger partial charge in [0.15, 0.2) is 0 Å². The average Bonchev–Trinajstić information content (AvgIpc) is 2.66. The monoisotopic (exact) mass is 226 g/mol. The minimum absolute atomic E-state index is 0.164. The van der Waals surface area contributed by atoms with Crippen LogP contribution in [0.1, 0.15) is 16.9 Å². The van der Waals surface area contributed by atoms with E-state index in [4.69, 9.17) is 0 Å². The van der Waals surface area contributed by atoms with Gasteiger partial charge in [0.1, 0.15) is 5.69 Å². The molecule has 0 bridgehead atoms. The number of hydrogen-bond donors (Lipinski definition) is 3. The molecule has 0 radical (unpaired) electrons. The maximum Gasteiger partial charge on any atom is 0.269 e. The lowest BCUT2D eigenvalue weighted by Crippen LogP contribution is -2.23. The fraction of sp³-hybridized carbons (Fsp3) is 0.444. The van der Waals surface area contributed by atoms with Crippen LogP contribution in [0.15, 0.2) is 10.9 Å². The molecule has 0 atom stereocenters. The number of aromatic nitrogens is 2. The summed E-state index contributed by atoms with van der Waals surface area (Å²) in [7, 11) is 3.00. The van der Waals surface area contributed by atoms with E-state index in [9.17, 15) is 14.4 Å². The number of nitrogens with one attached hydrogen (secondary N) is 3. The zero-order valence-corrected chi connectivity index (χ0v) is 9.16. The van der Waals surface area contributed by atoms with Gasteiger partial charge in [-0.1, -0.05) is 0 Å². The van der Waals surface area contributed by atoms with Crippen LogP contribution in [0.3, 0.4) is 0 Å². The highest BCUT2D eigenvalue weighted by atomic mass is 16.2. The highest BCUT2D eigenvalue weighted by molar-refractivity contribution is 5.91. The van der Waals surface area contributed by atoms with Crippen molar-refractivity contribution in [2.45, 2.75) is 13.0 Å². The maximum atomic E-state index is 11.4. The van der Waals surface area contributed by atoms with Gasteiger partial charge >= 0.3 is 0 Å². The first-order chi connectivity index (χ1) is 7.58. The van der Waals surface area contributed by atoms with Gasteiger partial charge in [-0.3, -0.25) is 24.2 Å². The molecule has 0 saturated heterocycles. The number of hydrogen-bond acceptors (Lipinski definition) is 3. The van der Waals surface area contributed by atoms with Crippen LogP contribution in [0.2, 0.25) is 0 Å². The minimum atomic E-state index is -0.365. The molecule has 1 aromatic rings. The van der Waals surface area contributed by atoms with Gasteiger partial charge in [0.25, 0.3) is 11.5 Å². The van der Waals surface area contributed by atoms with Crippen LogP contribution >= 0.6 is 0 Å². The van der Waals surface area contributed by atoms with E-state index in [2.05, 4.69) is 15.7 Å². The third kappa shape index (κ3) is 2.72. The van der Waals surface area contributed by atoms with Crippen molar-refractivity contribution in [3.8, 4) is 0 Å². The molecule has 88 valence electrons. The van der Waals surface area contributed by atoms with E-state index in [1.807, 2.05) is 0 Å². The highest BCUT2D eigenvalue weighted by Gasteiger charge is 2.09. The van der Waals surface area contributed by atoms with Crippen LogP contribution in [-0.2, 0) is 11.3 Å². The molecule has 0 aliphatic heterocycles. The fourth-order valence-electron chi connectivity index (χ4n) is 1.19. The first-order valence-electron chi connectivity index (χ1n) is 4.81. The van der Waals surface area contributed by atoms with Crippen LogP contribution in [0.4, 0.5) is 0 Å². The van der Waals surface area contributed by atoms with Crippen molar-refractivity contribution in [2.24, 2.45) is 0 Å². The summed E-state index contributed by atoms with van der Waals surface area (Å²) in [6.07, 6.45) is 0.185. The Bertz CT molecular complexity index is 446. The van der Waals surface area contributed by atoms with Crippen molar-refractivity contribution in [3.05, 3.63) is 22.1 Å². The van der Waals surface area contributed by atoms with Crippen molar-refractivity contribution < 1.29 is 9.59 Å². The number of aryl methyl sites for hydroxylation is 1. The molecule has 0 aliphatic rings. The van der Waals surface area contributed by atoms with E-state index in [0.29, 0.717) is 0 Å². The second-order valence-corrected chi connectivity index (χ2v) is 3.16. The van der Waals surface area contributed by atoms with E-state index in [1.165, 1.54) is 24.8 Å². The molecule has 0 aliphatic carbocycles. The summed E-state index contributed by atoms with van der Waals surface area (Å²) in [5.41, 5.74) is -0.146. The summed E-state index contributed by atoms with van der Waals surface area (Å²) < 4.78 is 1.22. The van der Waals surface area contributed by atoms with Crippen LogP contribution < -0.4 is 16.2 Å². The summed E-state index contributed by atoms with van der Waals surface area (Å²) >= 11 is 0. The number of amides is 2. The van der Waals surface area contributed by atoms with Gasteiger partial charge in [0.05, 0.1) is 6.54 Å². The lowest BCUT2D eigenvalue weighted by atomic mass is 10.4. The van der Waals surface area contributed by atoms with Crippen LogP contribution in [0.5, 0.6) is 0 Å². The van der Waals surface area contributed by atoms with E-state index >= 15 is 0 Å². The average molecular weight is 226 g/mol. The normalized spacial score (nSPS) is 9.88. The largest absolute Gasteiger partial charge is 0.359 e. The molecule has 7 nitrogen and oxygen atoms in total. The topological polar surface area (TPSA) is 96.0 Å². The van der Waals surface area contributed by atoms with Crippen LogP contribution in [-0.4, -0.2) is 35.7 Å². The third-order valence-electron chi connectivity index (χ3n) is 2.10. The van der Waals surface area contributed by atoms with Crippen molar-refractivity contribution in [1.82, 2.24) is 20.4 Å². The van der Waals surface area contributed by atoms with E-state index < -0.39 is 0 Å². The van der Waals surface area contributed by atoms with Gasteiger partial charge in [-0.15, -0.1) is 0 Å². The summed E-state index contributed by atoms with van der Waals surface area (Å²) in [6, 6.07) is 1.20. The first kappa shape index (κ1) is 12.0. The number of carbonyl (C=O) groups is 2. The van der Waals surface area contributed by atoms with E-state index in [1.54, 1.807) is 0 Å². The van der Waals surface area contributed by atoms with Crippen LogP contribution in [0, 0.1) is 0 Å². The van der Waals surface area contributed by atoms with Gasteiger partial charge < -0.3 is 10.6 Å². The Labute approximate surface area is 91.8 Å². The van der Waals surface area contributed by atoms with Crippen molar-refractivity contribution in [2.75, 3.05) is 14.1 Å². The molecule has 1 heterocycles. The fourth-order valence-corrected chi connectivity index (χ4v) is 1.19. The Kier molecular flexibility index (Phi) is 3.87. The molecule has 2 amide bonds. The molecule has 16 heavy (non-hydrogen) atoms. The zero-order chi connectivity index (χ0) is 12.1. The molecule has 0 fully saturated rings. The van der Waals surface area contributed by atoms with Gasteiger partial charge in [-0.2, -0.15) is 0 Å². The number of rotatable bonds is 4. The molecular weight excluding hydrogens is 212 g/mol. The maximum absolute atomic E-state index is 11.4. The first-order valence-corrected chi connectivity index (χ1v) is 4.81. The predicted molar refractivity (Wildman–Crippen MR) is 57.1 cm³/mol. The van der Waals surface area contributed by atoms with Crippen molar-refractivity contribution >= 4 is 11.8 Å². The molecular formula is C9H14N4O3. The van der Waals surface area contributed by atoms with E-state index in [-0.39, 0.29) is 36.0 Å². The summed E-state index contributed by atoms with van der Waals surface area (Å²) in [5, 5.41) is 7.47. The summed E-state index contributed by atoms with van der Waals surface area (Å²) in [4.78, 5) is 33.6. The second kappa shape index (κ2) is 5.15. The smallest absolute Gasteiger partial charge is 0.269 e. The van der Waals surface area contributed by atoms with Crippen molar-refractivity contribution in [3.63, 3.8) is 0 Å². The Balaban J connectivity index is 2.75. The summed E-state index contributed by atoms with van der Waals surface area (Å²) in [6.45, 7) is 0.218. The lowest BCUT2D eigenvalue weighted by Gasteiger charge is -2.01. The quantitative estimate of drug-likeness (QED) is 0.593. The number of nitrogens with zero attached hydrogens (tertiary/aromatic N) is 1. The number of H-pyrrole nitrogens is 1. The molecule has 7 heteroatoms. The van der Waals surface area contributed by atoms with Gasteiger partial charge in [-0.05, 0) is 0 Å². The van der Waals surface area contributed by atoms with Gasteiger partial charge in [0, 0.05) is 26.6 Å². The van der Waals surface area contributed by atoms with Crippen LogP contribution in [0.25, 0.3) is 0 Å². The molecule has 1 rings (SSSR count). The molecule has 3 N–H and O–H groups in total. The Morgan fingerprint density at radius 3 is 2.62 bits per heavy atom. The zero-order valence-electron chi connectivity index (χ0n) is 9.16. The summed E-state index contributed by atoms with van der Waals surface area (Å²) in [5.74, 6) is -0.529. The predicted octanol–water partition coefficient (Wildman–Crippen LogP) is -1.33. The highest BCUT2D eigenvalue weighted by Crippen LogP contribution is 1.91. The van der Waals surface area contributed by atoms with Gasteiger partial charge in [0.2, 0.25) is 5.91 Å². The standard InChI is InChI=1S/C9H14N4O3/c1-10-7(14)3-4-13-8(15)5-6(12-13)9(16)11-2/h5,12H,3-4H2,1-2H3,(H,10,14)(H,11,16). The van der Waals surface area contributed by atoms with Crippen molar-refractivity contribution in [1.29, 1.82) is 0 Å². The van der Waals surface area contributed by atoms with Gasteiger partial charge in [-0.25, -0.2) is 0 Å². The number of carbonyl (C=O) groups excluding carboxylic acids is 2. The van der Waals surface area contributed by atoms with E-state index in [0.717, 1.165) is 0 Å². The minimum Gasteiger partial charge on any atom is -0.359 e. The third-order valence-corrected chi connectivity index (χ3v) is 2.10. The molecule has 0 saturated carbocycles. The Hall–Kier alpha value is -2.05. The molecule has 1 aromatic heterocycles. The Morgan fingerprint density at radius 2 is 2.06 bits per heavy atom. The molecule has 0 aromatic carbocycles. The lowest BCUT2D eigenvalue weighted by molar-refractivity contribution is -0.120. The molecule has 0 unspecified atom stereocenters. The SMILES string of the molecule is CNC(=O)CCn1[nH]c(C(=O)NC)cc1=O. The Morgan fingerprint density at radius 1 is 1.38 bits per heavy atom. The second-order valence-electron chi connectivity index (χ2n) is 3.16. The molecule has 0 spiro atoms.